The number of nitrogens with zero attached hydrogens (tertiary/aromatic N) is 1. The van der Waals surface area contributed by atoms with Gasteiger partial charge in [0.05, 0.1) is 0 Å². The summed E-state index contributed by atoms with van der Waals surface area (Å²) >= 11 is 0. The average Bonchev–Trinajstić information content (AvgIpc) is 2.18. The maximum Gasteiger partial charge on any atom is 0.0401 e. The third kappa shape index (κ3) is 2.10. The summed E-state index contributed by atoms with van der Waals surface area (Å²) in [6.07, 6.45) is 0. The molecule has 0 unspecified atom stereocenters. The molecule has 0 heterocycles. The van der Waals surface area contributed by atoms with Gasteiger partial charge in [-0.05, 0) is 33.0 Å². The second-order valence-corrected chi connectivity index (χ2v) is 3.94. The Hall–Kier alpha value is -0.820. The van der Waals surface area contributed by atoms with E-state index in [0.29, 0.717) is 0 Å². The first-order chi connectivity index (χ1) is 6.09. The van der Waals surface area contributed by atoms with Crippen molar-refractivity contribution in [1.82, 2.24) is 4.90 Å². The van der Waals surface area contributed by atoms with Crippen LogP contribution in [0.3, 0.4) is 0 Å². The summed E-state index contributed by atoms with van der Waals surface area (Å²) in [6.45, 7) is 7.77. The van der Waals surface area contributed by atoms with Crippen LogP contribution in [-0.4, -0.2) is 18.5 Å². The van der Waals surface area contributed by atoms with E-state index in [1.165, 1.54) is 5.56 Å². The highest BCUT2D eigenvalue weighted by atomic mass is 15.2. The molecule has 0 aliphatic heterocycles. The molecule has 1 heteroatoms. The molecular weight excluding hydrogens is 158 g/mol. The second kappa shape index (κ2) is 3.93. The minimum Gasteiger partial charge on any atom is -0.297 e. The molecule has 0 spiro atoms. The largest absolute Gasteiger partial charge is 0.297 e. The second-order valence-electron chi connectivity index (χ2n) is 3.94. The molecule has 1 aromatic carbocycles. The van der Waals surface area contributed by atoms with E-state index in [4.69, 9.17) is 0 Å². The zero-order valence-electron chi connectivity index (χ0n) is 9.04. The van der Waals surface area contributed by atoms with Crippen molar-refractivity contribution >= 4 is 0 Å². The first-order valence-corrected chi connectivity index (χ1v) is 4.85. The van der Waals surface area contributed by atoms with Crippen LogP contribution in [0, 0.1) is 0 Å². The van der Waals surface area contributed by atoms with Crippen molar-refractivity contribution in [3.05, 3.63) is 35.9 Å². The van der Waals surface area contributed by atoms with E-state index in [0.717, 1.165) is 6.54 Å². The van der Waals surface area contributed by atoms with Gasteiger partial charge in [-0.1, -0.05) is 37.3 Å². The third-order valence-electron chi connectivity index (χ3n) is 2.91. The molecule has 0 amide bonds. The molecule has 1 aromatic rings. The average molecular weight is 177 g/mol. The van der Waals surface area contributed by atoms with Crippen molar-refractivity contribution in [3.63, 3.8) is 0 Å². The summed E-state index contributed by atoms with van der Waals surface area (Å²) in [6, 6.07) is 10.6. The van der Waals surface area contributed by atoms with Gasteiger partial charge in [-0.15, -0.1) is 0 Å². The fourth-order valence-corrected chi connectivity index (χ4v) is 1.46. The highest BCUT2D eigenvalue weighted by molar-refractivity contribution is 5.22. The lowest BCUT2D eigenvalue weighted by Gasteiger charge is -2.35. The molecule has 0 N–H and O–H groups in total. The monoisotopic (exact) mass is 177 g/mol. The lowest BCUT2D eigenvalue weighted by Crippen LogP contribution is -2.38. The van der Waals surface area contributed by atoms with E-state index in [1.54, 1.807) is 0 Å². The predicted octanol–water partition coefficient (Wildman–Crippen LogP) is 2.87. The van der Waals surface area contributed by atoms with Crippen molar-refractivity contribution < 1.29 is 0 Å². The van der Waals surface area contributed by atoms with Crippen molar-refractivity contribution in [2.45, 2.75) is 26.3 Å². The summed E-state index contributed by atoms with van der Waals surface area (Å²) < 4.78 is 0. The van der Waals surface area contributed by atoms with Gasteiger partial charge in [0.15, 0.2) is 0 Å². The highest BCUT2D eigenvalue weighted by Crippen LogP contribution is 2.25. The van der Waals surface area contributed by atoms with Gasteiger partial charge in [0.25, 0.3) is 0 Å². The molecule has 0 fully saturated rings. The van der Waals surface area contributed by atoms with Crippen LogP contribution in [0.15, 0.2) is 30.3 Å². The molecule has 0 bridgehead atoms. The van der Waals surface area contributed by atoms with Gasteiger partial charge in [0.1, 0.15) is 0 Å². The molecule has 13 heavy (non-hydrogen) atoms. The van der Waals surface area contributed by atoms with E-state index in [-0.39, 0.29) is 5.54 Å². The Bertz CT molecular complexity index is 251. The number of benzene rings is 1. The summed E-state index contributed by atoms with van der Waals surface area (Å²) in [5.41, 5.74) is 1.51. The lowest BCUT2D eigenvalue weighted by atomic mass is 9.93. The predicted molar refractivity (Wildman–Crippen MR) is 57.8 cm³/mol. The van der Waals surface area contributed by atoms with Crippen LogP contribution in [0.25, 0.3) is 0 Å². The van der Waals surface area contributed by atoms with E-state index >= 15 is 0 Å². The molecule has 0 radical (unpaired) electrons. The SMILES string of the molecule is CCN(C)C(C)(C)c1ccccc1. The molecule has 72 valence electrons. The zero-order chi connectivity index (χ0) is 9.90. The lowest BCUT2D eigenvalue weighted by molar-refractivity contribution is 0.165. The molecule has 0 atom stereocenters. The van der Waals surface area contributed by atoms with Crippen molar-refractivity contribution in [2.24, 2.45) is 0 Å². The zero-order valence-corrected chi connectivity index (χ0v) is 9.04. The Kier molecular flexibility index (Phi) is 3.10. The first kappa shape index (κ1) is 10.3. The van der Waals surface area contributed by atoms with Gasteiger partial charge >= 0.3 is 0 Å². The molecule has 0 aromatic heterocycles. The van der Waals surface area contributed by atoms with Gasteiger partial charge in [-0.2, -0.15) is 0 Å². The van der Waals surface area contributed by atoms with E-state index < -0.39 is 0 Å². The maximum absolute atomic E-state index is 2.35. The first-order valence-electron chi connectivity index (χ1n) is 4.85. The Morgan fingerprint density at radius 1 is 1.15 bits per heavy atom. The van der Waals surface area contributed by atoms with Crippen LogP contribution < -0.4 is 0 Å². The molecule has 0 saturated carbocycles. The van der Waals surface area contributed by atoms with E-state index in [2.05, 4.69) is 63.1 Å². The van der Waals surface area contributed by atoms with Gasteiger partial charge in [0.2, 0.25) is 0 Å². The van der Waals surface area contributed by atoms with Crippen LogP contribution >= 0.6 is 0 Å². The van der Waals surface area contributed by atoms with Crippen LogP contribution in [-0.2, 0) is 5.54 Å². The minimum atomic E-state index is 0.135. The summed E-state index contributed by atoms with van der Waals surface area (Å²) in [5.74, 6) is 0. The van der Waals surface area contributed by atoms with Crippen molar-refractivity contribution in [1.29, 1.82) is 0 Å². The van der Waals surface area contributed by atoms with Crippen LogP contribution in [0.5, 0.6) is 0 Å². The van der Waals surface area contributed by atoms with Crippen molar-refractivity contribution in [2.75, 3.05) is 13.6 Å². The van der Waals surface area contributed by atoms with Crippen LogP contribution in [0.2, 0.25) is 0 Å². The normalized spacial score (nSPS) is 12.1. The fraction of sp³-hybridized carbons (Fsp3) is 0.500. The summed E-state index contributed by atoms with van der Waals surface area (Å²) in [4.78, 5) is 2.35. The molecule has 1 nitrogen and oxygen atoms in total. The van der Waals surface area contributed by atoms with E-state index in [1.807, 2.05) is 0 Å². The van der Waals surface area contributed by atoms with Gasteiger partial charge in [-0.25, -0.2) is 0 Å². The van der Waals surface area contributed by atoms with Crippen LogP contribution in [0.1, 0.15) is 26.3 Å². The topological polar surface area (TPSA) is 3.24 Å². The highest BCUT2D eigenvalue weighted by Gasteiger charge is 2.23. The summed E-state index contributed by atoms with van der Waals surface area (Å²) in [5, 5.41) is 0. The van der Waals surface area contributed by atoms with Gasteiger partial charge < -0.3 is 0 Å². The molecule has 0 aliphatic carbocycles. The number of rotatable bonds is 3. The van der Waals surface area contributed by atoms with Gasteiger partial charge in [0, 0.05) is 5.54 Å². The standard InChI is InChI=1S/C12H19N/c1-5-13(4)12(2,3)11-9-7-6-8-10-11/h6-10H,5H2,1-4H3. The third-order valence-corrected chi connectivity index (χ3v) is 2.91. The quantitative estimate of drug-likeness (QED) is 0.686. The number of hydrogen-bond donors (Lipinski definition) is 0. The summed E-state index contributed by atoms with van der Waals surface area (Å²) in [7, 11) is 2.16. The Balaban J connectivity index is 2.93. The fourth-order valence-electron chi connectivity index (χ4n) is 1.46. The number of hydrogen-bond acceptors (Lipinski definition) is 1. The Morgan fingerprint density at radius 3 is 2.15 bits per heavy atom. The molecule has 0 saturated heterocycles. The van der Waals surface area contributed by atoms with E-state index in [9.17, 15) is 0 Å². The Morgan fingerprint density at radius 2 is 1.69 bits per heavy atom. The molecular formula is C12H19N. The van der Waals surface area contributed by atoms with Crippen molar-refractivity contribution in [3.8, 4) is 0 Å². The maximum atomic E-state index is 2.35. The smallest absolute Gasteiger partial charge is 0.0401 e. The Labute approximate surface area is 81.4 Å². The molecule has 1 rings (SSSR count). The minimum absolute atomic E-state index is 0.135. The van der Waals surface area contributed by atoms with Gasteiger partial charge in [-0.3, -0.25) is 4.90 Å². The molecule has 0 aliphatic rings. The van der Waals surface area contributed by atoms with Crippen LogP contribution in [0.4, 0.5) is 0 Å².